The smallest absolute Gasteiger partial charge is 0.414 e. The van der Waals surface area contributed by atoms with Crippen LogP contribution in [0.25, 0.3) is 0 Å². The van der Waals surface area contributed by atoms with Crippen molar-refractivity contribution < 1.29 is 22.9 Å². The molecule has 0 saturated heterocycles. The number of phosphoric ester groups is 1. The van der Waals surface area contributed by atoms with Crippen molar-refractivity contribution in [2.45, 2.75) is 20.1 Å². The van der Waals surface area contributed by atoms with Crippen molar-refractivity contribution in [3.63, 3.8) is 0 Å². The van der Waals surface area contributed by atoms with Gasteiger partial charge in [-0.1, -0.05) is 5.92 Å². The van der Waals surface area contributed by atoms with Gasteiger partial charge < -0.3 is 4.74 Å². The molecule has 0 aliphatic carbocycles. The van der Waals surface area contributed by atoms with Gasteiger partial charge in [-0.25, -0.2) is 9.09 Å². The molecule has 0 heterocycles. The van der Waals surface area contributed by atoms with Gasteiger partial charge in [0.25, 0.3) is 0 Å². The second-order valence-electron chi connectivity index (χ2n) is 1.96. The van der Waals surface area contributed by atoms with Crippen molar-refractivity contribution in [2.75, 3.05) is 14.2 Å². The van der Waals surface area contributed by atoms with Crippen LogP contribution in [0, 0.1) is 12.0 Å². The van der Waals surface area contributed by atoms with Crippen molar-refractivity contribution in [1.82, 2.24) is 0 Å². The van der Waals surface area contributed by atoms with E-state index >= 15 is 0 Å². The Morgan fingerprint density at radius 1 is 1.31 bits per heavy atom. The second-order valence-corrected chi connectivity index (χ2v) is 3.79. The Morgan fingerprint density at radius 2 is 1.85 bits per heavy atom. The molecule has 0 amide bonds. The first-order chi connectivity index (χ1) is 6.08. The highest BCUT2D eigenvalue weighted by atomic mass is 31.2. The Bertz CT molecular complexity index is 233. The average Bonchev–Trinajstić information content (AvgIpc) is 2.14. The van der Waals surface area contributed by atoms with Gasteiger partial charge in [0.15, 0.2) is 0 Å². The van der Waals surface area contributed by atoms with Gasteiger partial charge in [-0.05, 0) is 6.92 Å². The fourth-order valence-corrected chi connectivity index (χ4v) is 1.23. The van der Waals surface area contributed by atoms with Crippen LogP contribution in [0.2, 0.25) is 0 Å². The molecule has 6 heteroatoms. The first-order valence-electron chi connectivity index (χ1n) is 3.55. The van der Waals surface area contributed by atoms with Crippen LogP contribution in [0.1, 0.15) is 13.8 Å². The van der Waals surface area contributed by atoms with Crippen LogP contribution < -0.4 is 0 Å². The summed E-state index contributed by atoms with van der Waals surface area (Å²) in [6.45, 7) is 3.15. The van der Waals surface area contributed by atoms with E-state index in [-0.39, 0.29) is 0 Å². The fourth-order valence-electron chi connectivity index (χ4n) is 0.506. The van der Waals surface area contributed by atoms with Gasteiger partial charge in [-0.3, -0.25) is 9.05 Å². The Kier molecular flexibility index (Phi) is 5.76. The highest BCUT2D eigenvalue weighted by Gasteiger charge is 2.26. The maximum Gasteiger partial charge on any atom is 0.477 e. The zero-order chi connectivity index (χ0) is 10.3. The minimum absolute atomic E-state index is 0.766. The van der Waals surface area contributed by atoms with E-state index < -0.39 is 14.1 Å². The lowest BCUT2D eigenvalue weighted by Crippen LogP contribution is -2.09. The lowest BCUT2D eigenvalue weighted by Gasteiger charge is -2.16. The van der Waals surface area contributed by atoms with Gasteiger partial charge in [-0.15, -0.1) is 0 Å². The molecule has 76 valence electrons. The summed E-state index contributed by atoms with van der Waals surface area (Å²) in [6.07, 6.45) is 1.55. The van der Waals surface area contributed by atoms with Crippen molar-refractivity contribution in [3.8, 4) is 12.0 Å². The number of rotatable bonds is 5. The van der Waals surface area contributed by atoms with Gasteiger partial charge in [0.05, 0.1) is 0 Å². The third-order valence-electron chi connectivity index (χ3n) is 1.05. The molecular weight excluding hydrogens is 195 g/mol. The summed E-state index contributed by atoms with van der Waals surface area (Å²) in [4.78, 5) is 0. The van der Waals surface area contributed by atoms with E-state index in [0.717, 1.165) is 0 Å². The van der Waals surface area contributed by atoms with Crippen molar-refractivity contribution in [1.29, 1.82) is 0 Å². The lowest BCUT2D eigenvalue weighted by molar-refractivity contribution is -0.0282. The molecule has 0 spiro atoms. The normalized spacial score (nSPS) is 12.9. The average molecular weight is 208 g/mol. The molecule has 0 radical (unpaired) electrons. The number of hydrogen-bond donors (Lipinski definition) is 0. The van der Waals surface area contributed by atoms with Gasteiger partial charge in [-0.2, -0.15) is 0 Å². The van der Waals surface area contributed by atoms with Crippen molar-refractivity contribution >= 4 is 7.82 Å². The quantitative estimate of drug-likeness (QED) is 0.391. The summed E-state index contributed by atoms with van der Waals surface area (Å²) in [5.74, 6) is 2.50. The molecule has 1 unspecified atom stereocenters. The molecule has 1 atom stereocenters. The Hall–Kier alpha value is -0.530. The molecule has 0 N–H and O–H groups in total. The number of hydrogen-bond acceptors (Lipinski definition) is 5. The van der Waals surface area contributed by atoms with Crippen LogP contribution in [0.3, 0.4) is 0 Å². The van der Waals surface area contributed by atoms with Gasteiger partial charge in [0.1, 0.15) is 6.11 Å². The maximum atomic E-state index is 11.3. The van der Waals surface area contributed by atoms with Gasteiger partial charge in [0.2, 0.25) is 6.29 Å². The van der Waals surface area contributed by atoms with Crippen LogP contribution in [-0.2, 0) is 22.9 Å². The molecular formula is C7H13O5P. The van der Waals surface area contributed by atoms with Crippen LogP contribution in [0.4, 0.5) is 0 Å². The molecule has 0 fully saturated rings. The minimum atomic E-state index is -3.47. The zero-order valence-electron chi connectivity index (χ0n) is 8.07. The molecule has 0 aromatic heterocycles. The van der Waals surface area contributed by atoms with Crippen LogP contribution in [-0.4, -0.2) is 20.5 Å². The van der Waals surface area contributed by atoms with E-state index in [1.54, 1.807) is 6.92 Å². The molecule has 5 nitrogen and oxygen atoms in total. The van der Waals surface area contributed by atoms with E-state index in [0.29, 0.717) is 0 Å². The standard InChI is InChI=1S/C7H13O5P/c1-5-6-11-7(2)12-13(8,9-3)10-4/h7H,1-4H3. The fraction of sp³-hybridized carbons (Fsp3) is 0.714. The second kappa shape index (κ2) is 6.01. The van der Waals surface area contributed by atoms with E-state index in [1.165, 1.54) is 21.1 Å². The molecule has 0 aromatic rings. The number of phosphoric acid groups is 1. The van der Waals surface area contributed by atoms with E-state index in [9.17, 15) is 4.57 Å². The Morgan fingerprint density at radius 3 is 2.23 bits per heavy atom. The molecule has 13 heavy (non-hydrogen) atoms. The van der Waals surface area contributed by atoms with Crippen molar-refractivity contribution in [2.24, 2.45) is 0 Å². The molecule has 0 rings (SSSR count). The molecule has 0 saturated carbocycles. The summed E-state index contributed by atoms with van der Waals surface area (Å²) in [7, 11) is -1.02. The summed E-state index contributed by atoms with van der Waals surface area (Å²) in [6, 6.07) is 0. The third-order valence-corrected chi connectivity index (χ3v) is 2.50. The zero-order valence-corrected chi connectivity index (χ0v) is 8.96. The molecule has 0 aromatic carbocycles. The first kappa shape index (κ1) is 12.5. The highest BCUT2D eigenvalue weighted by molar-refractivity contribution is 7.48. The van der Waals surface area contributed by atoms with E-state index in [2.05, 4.69) is 21.1 Å². The third kappa shape index (κ3) is 4.91. The summed E-state index contributed by atoms with van der Waals surface area (Å²) < 4.78 is 30.0. The maximum absolute atomic E-state index is 11.3. The summed E-state index contributed by atoms with van der Waals surface area (Å²) >= 11 is 0. The van der Waals surface area contributed by atoms with Crippen LogP contribution in [0.15, 0.2) is 0 Å². The van der Waals surface area contributed by atoms with Gasteiger partial charge >= 0.3 is 7.82 Å². The predicted octanol–water partition coefficient (Wildman–Crippen LogP) is 1.75. The largest absolute Gasteiger partial charge is 0.477 e. The SMILES string of the molecule is CC#COC(C)OP(=O)(OC)OC. The first-order valence-corrected chi connectivity index (χ1v) is 5.01. The summed E-state index contributed by atoms with van der Waals surface area (Å²) in [5, 5.41) is 0. The topological polar surface area (TPSA) is 54.0 Å². The Balaban J connectivity index is 4.06. The summed E-state index contributed by atoms with van der Waals surface area (Å²) in [5.41, 5.74) is 0. The molecule has 0 aliphatic rings. The van der Waals surface area contributed by atoms with E-state index in [1.807, 2.05) is 0 Å². The van der Waals surface area contributed by atoms with E-state index in [4.69, 9.17) is 9.26 Å². The van der Waals surface area contributed by atoms with Gasteiger partial charge in [0, 0.05) is 21.1 Å². The minimum Gasteiger partial charge on any atom is -0.414 e. The Labute approximate surface area is 77.9 Å². The molecule has 0 aliphatic heterocycles. The molecule has 0 bridgehead atoms. The number of ether oxygens (including phenoxy) is 1. The van der Waals surface area contributed by atoms with Crippen LogP contribution >= 0.6 is 7.82 Å². The monoisotopic (exact) mass is 208 g/mol. The highest BCUT2D eigenvalue weighted by Crippen LogP contribution is 2.48. The predicted molar refractivity (Wildman–Crippen MR) is 46.7 cm³/mol. The van der Waals surface area contributed by atoms with Crippen LogP contribution in [0.5, 0.6) is 0 Å². The lowest BCUT2D eigenvalue weighted by atomic mass is 10.7. The van der Waals surface area contributed by atoms with Crippen molar-refractivity contribution in [3.05, 3.63) is 0 Å².